The van der Waals surface area contributed by atoms with Crippen LogP contribution < -0.4 is 9.47 Å². The number of aryl methyl sites for hydroxylation is 1. The fourth-order valence-corrected chi connectivity index (χ4v) is 3.22. The van der Waals surface area contributed by atoms with E-state index in [9.17, 15) is 4.79 Å². The summed E-state index contributed by atoms with van der Waals surface area (Å²) < 4.78 is 16.5. The Morgan fingerprint density at radius 2 is 2.21 bits per heavy atom. The Bertz CT molecular complexity index is 758. The fourth-order valence-electron chi connectivity index (χ4n) is 3.22. The Morgan fingerprint density at radius 3 is 3.04 bits per heavy atom. The molecule has 126 valence electrons. The predicted molar refractivity (Wildman–Crippen MR) is 84.1 cm³/mol. The number of hydrogen-bond acceptors (Lipinski definition) is 6. The molecule has 0 N–H and O–H groups in total. The molecule has 0 bridgehead atoms. The van der Waals surface area contributed by atoms with Gasteiger partial charge < -0.3 is 18.9 Å². The number of benzene rings is 1. The highest BCUT2D eigenvalue weighted by Crippen LogP contribution is 2.37. The average molecular weight is 329 g/mol. The first-order valence-electron chi connectivity index (χ1n) is 8.30. The quantitative estimate of drug-likeness (QED) is 0.860. The molecule has 7 heteroatoms. The Balaban J connectivity index is 1.64. The van der Waals surface area contributed by atoms with E-state index in [0.717, 1.165) is 12.8 Å². The molecule has 2 aliphatic heterocycles. The van der Waals surface area contributed by atoms with Crippen LogP contribution in [0.15, 0.2) is 22.7 Å². The minimum absolute atomic E-state index is 0.0808. The Hall–Kier alpha value is -2.57. The van der Waals surface area contributed by atoms with Crippen molar-refractivity contribution >= 4 is 5.91 Å². The smallest absolute Gasteiger partial charge is 0.258 e. The van der Waals surface area contributed by atoms with E-state index < -0.39 is 0 Å². The van der Waals surface area contributed by atoms with Crippen LogP contribution in [0.5, 0.6) is 11.5 Å². The third kappa shape index (κ3) is 2.50. The van der Waals surface area contributed by atoms with E-state index in [2.05, 4.69) is 10.1 Å². The summed E-state index contributed by atoms with van der Waals surface area (Å²) >= 11 is 0. The van der Waals surface area contributed by atoms with Crippen LogP contribution in [0.4, 0.5) is 0 Å². The highest BCUT2D eigenvalue weighted by atomic mass is 16.6. The molecule has 1 aromatic carbocycles. The molecule has 0 aliphatic carbocycles. The van der Waals surface area contributed by atoms with E-state index in [0.29, 0.717) is 55.0 Å². The molecule has 2 aliphatic rings. The first kappa shape index (κ1) is 15.0. The lowest BCUT2D eigenvalue weighted by molar-refractivity contribution is 0.0718. The van der Waals surface area contributed by atoms with Crippen molar-refractivity contribution in [1.82, 2.24) is 15.0 Å². The number of likely N-dealkylation sites (tertiary alicyclic amines) is 1. The lowest BCUT2D eigenvalue weighted by Gasteiger charge is -2.25. The average Bonchev–Trinajstić information content (AvgIpc) is 3.29. The molecule has 24 heavy (non-hydrogen) atoms. The van der Waals surface area contributed by atoms with Gasteiger partial charge in [-0.05, 0) is 25.0 Å². The number of para-hydroxylation sites is 1. The number of rotatable bonds is 3. The Labute approximate surface area is 139 Å². The minimum Gasteiger partial charge on any atom is -0.486 e. The second kappa shape index (κ2) is 6.14. The third-order valence-corrected chi connectivity index (χ3v) is 4.39. The first-order valence-corrected chi connectivity index (χ1v) is 8.30. The highest BCUT2D eigenvalue weighted by molar-refractivity contribution is 5.98. The van der Waals surface area contributed by atoms with Gasteiger partial charge in [-0.2, -0.15) is 4.98 Å². The second-order valence-electron chi connectivity index (χ2n) is 5.89. The monoisotopic (exact) mass is 329 g/mol. The van der Waals surface area contributed by atoms with Crippen LogP contribution >= 0.6 is 0 Å². The molecule has 7 nitrogen and oxygen atoms in total. The molecule has 1 fully saturated rings. The van der Waals surface area contributed by atoms with E-state index in [-0.39, 0.29) is 11.9 Å². The largest absolute Gasteiger partial charge is 0.486 e. The number of carbonyl (C=O) groups is 1. The highest BCUT2D eigenvalue weighted by Gasteiger charge is 2.35. The minimum atomic E-state index is -0.151. The molecular formula is C17H19N3O4. The zero-order valence-corrected chi connectivity index (χ0v) is 13.5. The van der Waals surface area contributed by atoms with Gasteiger partial charge in [0.15, 0.2) is 17.3 Å². The molecule has 1 saturated heterocycles. The SMILES string of the molecule is CCc1nc(C2CCCN2C(=O)c2cccc3c2OCCO3)no1. The molecule has 3 heterocycles. The van der Waals surface area contributed by atoms with E-state index in [1.54, 1.807) is 11.0 Å². The number of amides is 1. The molecule has 4 rings (SSSR count). The normalized spacial score (nSPS) is 19.5. The van der Waals surface area contributed by atoms with Gasteiger partial charge in [-0.3, -0.25) is 4.79 Å². The van der Waals surface area contributed by atoms with Crippen molar-refractivity contribution in [3.8, 4) is 11.5 Å². The maximum absolute atomic E-state index is 13.1. The van der Waals surface area contributed by atoms with E-state index in [1.807, 2.05) is 19.1 Å². The Morgan fingerprint density at radius 1 is 1.33 bits per heavy atom. The number of fused-ring (bicyclic) bond motifs is 1. The Kier molecular flexibility index (Phi) is 3.84. The third-order valence-electron chi connectivity index (χ3n) is 4.39. The van der Waals surface area contributed by atoms with Crippen molar-refractivity contribution < 1.29 is 18.8 Å². The van der Waals surface area contributed by atoms with Crippen molar-refractivity contribution in [3.05, 3.63) is 35.5 Å². The van der Waals surface area contributed by atoms with Crippen molar-refractivity contribution in [2.24, 2.45) is 0 Å². The van der Waals surface area contributed by atoms with Crippen molar-refractivity contribution in [2.75, 3.05) is 19.8 Å². The summed E-state index contributed by atoms with van der Waals surface area (Å²) in [5, 5.41) is 4.05. The molecule has 1 aromatic heterocycles. The molecule has 1 amide bonds. The summed E-state index contributed by atoms with van der Waals surface area (Å²) in [4.78, 5) is 19.3. The number of nitrogens with zero attached hydrogens (tertiary/aromatic N) is 3. The topological polar surface area (TPSA) is 77.7 Å². The lowest BCUT2D eigenvalue weighted by atomic mass is 10.1. The van der Waals surface area contributed by atoms with E-state index >= 15 is 0 Å². The molecule has 1 atom stereocenters. The molecule has 1 unspecified atom stereocenters. The number of hydrogen-bond donors (Lipinski definition) is 0. The molecular weight excluding hydrogens is 310 g/mol. The van der Waals surface area contributed by atoms with Crippen LogP contribution in [0.2, 0.25) is 0 Å². The summed E-state index contributed by atoms with van der Waals surface area (Å²) in [6, 6.07) is 5.26. The van der Waals surface area contributed by atoms with Gasteiger partial charge in [-0.1, -0.05) is 18.1 Å². The molecule has 0 radical (unpaired) electrons. The van der Waals surface area contributed by atoms with Crippen molar-refractivity contribution in [3.63, 3.8) is 0 Å². The standard InChI is InChI=1S/C17H19N3O4/c1-2-14-18-16(19-24-14)12-6-4-8-20(12)17(21)11-5-3-7-13-15(11)23-10-9-22-13/h3,5,7,12H,2,4,6,8-10H2,1H3. The number of carbonyl (C=O) groups excluding carboxylic acids is 1. The zero-order valence-electron chi connectivity index (χ0n) is 13.5. The second-order valence-corrected chi connectivity index (χ2v) is 5.89. The van der Waals surface area contributed by atoms with E-state index in [1.165, 1.54) is 0 Å². The number of ether oxygens (including phenoxy) is 2. The van der Waals surface area contributed by atoms with Gasteiger partial charge in [-0.15, -0.1) is 0 Å². The number of aromatic nitrogens is 2. The maximum Gasteiger partial charge on any atom is 0.258 e. The summed E-state index contributed by atoms with van der Waals surface area (Å²) in [7, 11) is 0. The molecule has 2 aromatic rings. The van der Waals surface area contributed by atoms with Gasteiger partial charge in [0, 0.05) is 13.0 Å². The van der Waals surface area contributed by atoms with Gasteiger partial charge in [-0.25, -0.2) is 0 Å². The van der Waals surface area contributed by atoms with Gasteiger partial charge in [0.05, 0.1) is 11.6 Å². The van der Waals surface area contributed by atoms with Gasteiger partial charge in [0.2, 0.25) is 5.89 Å². The van der Waals surface area contributed by atoms with Gasteiger partial charge in [0.25, 0.3) is 5.91 Å². The van der Waals surface area contributed by atoms with Gasteiger partial charge >= 0.3 is 0 Å². The van der Waals surface area contributed by atoms with Crippen LogP contribution in [0.3, 0.4) is 0 Å². The van der Waals surface area contributed by atoms with E-state index in [4.69, 9.17) is 14.0 Å². The lowest BCUT2D eigenvalue weighted by Crippen LogP contribution is -2.32. The molecule has 0 spiro atoms. The first-order chi connectivity index (χ1) is 11.8. The van der Waals surface area contributed by atoms with Gasteiger partial charge in [0.1, 0.15) is 13.2 Å². The summed E-state index contributed by atoms with van der Waals surface area (Å²) in [5.41, 5.74) is 0.526. The van der Waals surface area contributed by atoms with Crippen molar-refractivity contribution in [2.45, 2.75) is 32.2 Å². The van der Waals surface area contributed by atoms with Crippen molar-refractivity contribution in [1.29, 1.82) is 0 Å². The maximum atomic E-state index is 13.1. The van der Waals surface area contributed by atoms with Crippen LogP contribution in [-0.2, 0) is 6.42 Å². The van der Waals surface area contributed by atoms with Crippen LogP contribution in [0.1, 0.15) is 47.9 Å². The summed E-state index contributed by atoms with van der Waals surface area (Å²) in [6.45, 7) is 3.58. The zero-order chi connectivity index (χ0) is 16.5. The van der Waals surface area contributed by atoms with Crippen LogP contribution in [-0.4, -0.2) is 40.7 Å². The summed E-state index contributed by atoms with van der Waals surface area (Å²) in [5.74, 6) is 2.25. The fraction of sp³-hybridized carbons (Fsp3) is 0.471. The van der Waals surface area contributed by atoms with Crippen LogP contribution in [0, 0.1) is 0 Å². The predicted octanol–water partition coefficient (Wildman–Crippen LogP) is 2.38. The van der Waals surface area contributed by atoms with Crippen LogP contribution in [0.25, 0.3) is 0 Å². The summed E-state index contributed by atoms with van der Waals surface area (Å²) in [6.07, 6.45) is 2.44. The molecule has 0 saturated carbocycles.